The summed E-state index contributed by atoms with van der Waals surface area (Å²) < 4.78 is 18.9. The van der Waals surface area contributed by atoms with Gasteiger partial charge in [-0.25, -0.2) is 4.39 Å². The van der Waals surface area contributed by atoms with Gasteiger partial charge in [-0.1, -0.05) is 17.7 Å². The number of rotatable bonds is 4. The minimum Gasteiger partial charge on any atom is -0.464 e. The SMILES string of the molecule is CC(C)N1CC[C@H](N[C@@H]2CCOC2=O)[C@H]1c1ccc(Cl)c(F)c1. The zero-order valence-corrected chi connectivity index (χ0v) is 14.1. The van der Waals surface area contributed by atoms with Crippen molar-refractivity contribution in [3.8, 4) is 0 Å². The normalized spacial score (nSPS) is 28.6. The van der Waals surface area contributed by atoms with Crippen molar-refractivity contribution < 1.29 is 13.9 Å². The minimum atomic E-state index is -0.404. The fourth-order valence-electron chi connectivity index (χ4n) is 3.60. The van der Waals surface area contributed by atoms with Crippen molar-refractivity contribution in [1.29, 1.82) is 0 Å². The van der Waals surface area contributed by atoms with Crippen LogP contribution in [0.5, 0.6) is 0 Å². The van der Waals surface area contributed by atoms with E-state index in [0.717, 1.165) is 18.5 Å². The average Bonchev–Trinajstić information content (AvgIpc) is 3.10. The predicted octanol–water partition coefficient (Wildman–Crippen LogP) is 2.91. The zero-order valence-electron chi connectivity index (χ0n) is 13.4. The summed E-state index contributed by atoms with van der Waals surface area (Å²) in [6.07, 6.45) is 1.61. The van der Waals surface area contributed by atoms with Crippen molar-refractivity contribution in [2.45, 2.75) is 50.9 Å². The molecule has 0 unspecified atom stereocenters. The molecule has 0 aliphatic carbocycles. The van der Waals surface area contributed by atoms with Gasteiger partial charge in [0.15, 0.2) is 0 Å². The van der Waals surface area contributed by atoms with Crippen molar-refractivity contribution in [3.63, 3.8) is 0 Å². The second kappa shape index (κ2) is 6.75. The van der Waals surface area contributed by atoms with Crippen LogP contribution in [0.25, 0.3) is 0 Å². The van der Waals surface area contributed by atoms with E-state index in [1.54, 1.807) is 6.07 Å². The van der Waals surface area contributed by atoms with E-state index in [4.69, 9.17) is 16.3 Å². The van der Waals surface area contributed by atoms with Gasteiger partial charge in [0, 0.05) is 25.0 Å². The largest absolute Gasteiger partial charge is 0.464 e. The average molecular weight is 341 g/mol. The molecule has 23 heavy (non-hydrogen) atoms. The molecular formula is C17H22ClFN2O2. The first-order valence-electron chi connectivity index (χ1n) is 8.10. The summed E-state index contributed by atoms with van der Waals surface area (Å²) in [4.78, 5) is 14.1. The molecule has 6 heteroatoms. The van der Waals surface area contributed by atoms with Crippen molar-refractivity contribution in [3.05, 3.63) is 34.6 Å². The smallest absolute Gasteiger partial charge is 0.323 e. The fourth-order valence-corrected chi connectivity index (χ4v) is 3.71. The molecule has 0 bridgehead atoms. The van der Waals surface area contributed by atoms with Gasteiger partial charge in [0.25, 0.3) is 0 Å². The molecule has 3 atom stereocenters. The third kappa shape index (κ3) is 3.37. The molecule has 2 saturated heterocycles. The summed E-state index contributed by atoms with van der Waals surface area (Å²) in [7, 11) is 0. The van der Waals surface area contributed by atoms with Gasteiger partial charge in [-0.2, -0.15) is 0 Å². The van der Waals surface area contributed by atoms with E-state index in [9.17, 15) is 9.18 Å². The molecule has 0 amide bonds. The number of carbonyl (C=O) groups is 1. The van der Waals surface area contributed by atoms with Gasteiger partial charge in [0.05, 0.1) is 17.7 Å². The quantitative estimate of drug-likeness (QED) is 0.856. The van der Waals surface area contributed by atoms with Gasteiger partial charge in [-0.05, 0) is 38.0 Å². The number of cyclic esters (lactones) is 1. The van der Waals surface area contributed by atoms with E-state index in [2.05, 4.69) is 24.1 Å². The summed E-state index contributed by atoms with van der Waals surface area (Å²) in [6, 6.07) is 5.18. The second-order valence-corrected chi connectivity index (χ2v) is 6.93. The van der Waals surface area contributed by atoms with Crippen molar-refractivity contribution >= 4 is 17.6 Å². The van der Waals surface area contributed by atoms with Crippen LogP contribution in [0.2, 0.25) is 5.02 Å². The number of hydrogen-bond donors (Lipinski definition) is 1. The molecule has 2 heterocycles. The van der Waals surface area contributed by atoms with E-state index >= 15 is 0 Å². The number of hydrogen-bond acceptors (Lipinski definition) is 4. The zero-order chi connectivity index (χ0) is 16.6. The number of halogens is 2. The molecule has 2 aliphatic heterocycles. The van der Waals surface area contributed by atoms with Gasteiger partial charge in [0.2, 0.25) is 0 Å². The summed E-state index contributed by atoms with van der Waals surface area (Å²) in [5.41, 5.74) is 0.891. The third-order valence-corrected chi connectivity index (χ3v) is 5.04. The number of likely N-dealkylation sites (tertiary alicyclic amines) is 1. The van der Waals surface area contributed by atoms with E-state index in [1.807, 2.05) is 6.07 Å². The predicted molar refractivity (Wildman–Crippen MR) is 86.9 cm³/mol. The lowest BCUT2D eigenvalue weighted by Crippen LogP contribution is -2.45. The summed E-state index contributed by atoms with van der Waals surface area (Å²) in [5, 5.41) is 3.55. The Labute approximate surface area is 140 Å². The maximum atomic E-state index is 13.9. The van der Waals surface area contributed by atoms with Gasteiger partial charge < -0.3 is 4.74 Å². The number of esters is 1. The standard InChI is InChI=1S/C17H22ClFN2O2/c1-10(2)21-7-5-14(20-15-6-8-23-17(15)22)16(21)11-3-4-12(18)13(19)9-11/h3-4,9-10,14-16,20H,5-8H2,1-2H3/t14-,15+,16+/m0/s1. The van der Waals surface area contributed by atoms with Gasteiger partial charge in [-0.15, -0.1) is 0 Å². The van der Waals surface area contributed by atoms with Crippen LogP contribution in [0, 0.1) is 5.82 Å². The van der Waals surface area contributed by atoms with Crippen molar-refractivity contribution in [1.82, 2.24) is 10.2 Å². The molecule has 4 nitrogen and oxygen atoms in total. The minimum absolute atomic E-state index is 0.0233. The molecule has 2 aliphatic rings. The Morgan fingerprint density at radius 1 is 1.39 bits per heavy atom. The molecule has 2 fully saturated rings. The monoisotopic (exact) mass is 340 g/mol. The highest BCUT2D eigenvalue weighted by atomic mass is 35.5. The molecule has 1 aromatic rings. The number of nitrogens with zero attached hydrogens (tertiary/aromatic N) is 1. The van der Waals surface area contributed by atoms with E-state index < -0.39 is 5.82 Å². The Balaban J connectivity index is 1.85. The number of benzene rings is 1. The highest BCUT2D eigenvalue weighted by Crippen LogP contribution is 2.35. The maximum Gasteiger partial charge on any atom is 0.323 e. The van der Waals surface area contributed by atoms with Crippen LogP contribution in [0.4, 0.5) is 4.39 Å². The topological polar surface area (TPSA) is 41.6 Å². The van der Waals surface area contributed by atoms with Crippen LogP contribution in [-0.4, -0.2) is 42.1 Å². The lowest BCUT2D eigenvalue weighted by atomic mass is 9.98. The molecule has 0 aromatic heterocycles. The Bertz CT molecular complexity index is 596. The van der Waals surface area contributed by atoms with Gasteiger partial charge >= 0.3 is 5.97 Å². The fraction of sp³-hybridized carbons (Fsp3) is 0.588. The highest BCUT2D eigenvalue weighted by Gasteiger charge is 2.40. The molecule has 0 spiro atoms. The van der Waals surface area contributed by atoms with Crippen molar-refractivity contribution in [2.75, 3.05) is 13.2 Å². The summed E-state index contributed by atoms with van der Waals surface area (Å²) >= 11 is 5.81. The first kappa shape index (κ1) is 16.7. The van der Waals surface area contributed by atoms with Crippen LogP contribution >= 0.6 is 11.6 Å². The van der Waals surface area contributed by atoms with E-state index in [0.29, 0.717) is 19.1 Å². The molecule has 3 rings (SSSR count). The van der Waals surface area contributed by atoms with Crippen LogP contribution < -0.4 is 5.32 Å². The molecular weight excluding hydrogens is 319 g/mol. The molecule has 0 radical (unpaired) electrons. The first-order chi connectivity index (χ1) is 11.0. The molecule has 126 valence electrons. The first-order valence-corrected chi connectivity index (χ1v) is 8.48. The second-order valence-electron chi connectivity index (χ2n) is 6.52. The lowest BCUT2D eigenvalue weighted by Gasteiger charge is -2.32. The number of ether oxygens (including phenoxy) is 1. The van der Waals surface area contributed by atoms with Gasteiger partial charge in [0.1, 0.15) is 11.9 Å². The van der Waals surface area contributed by atoms with Crippen LogP contribution in [-0.2, 0) is 9.53 Å². The Kier molecular flexibility index (Phi) is 4.90. The van der Waals surface area contributed by atoms with E-state index in [-0.39, 0.29) is 29.1 Å². The Hall–Kier alpha value is -1.17. The van der Waals surface area contributed by atoms with E-state index in [1.165, 1.54) is 6.07 Å². The van der Waals surface area contributed by atoms with Gasteiger partial charge in [-0.3, -0.25) is 15.0 Å². The van der Waals surface area contributed by atoms with Crippen molar-refractivity contribution in [2.24, 2.45) is 0 Å². The summed E-state index contributed by atoms with van der Waals surface area (Å²) in [5.74, 6) is -0.590. The third-order valence-electron chi connectivity index (χ3n) is 4.74. The van der Waals surface area contributed by atoms with Crippen LogP contribution in [0.1, 0.15) is 38.3 Å². The number of carbonyl (C=O) groups excluding carboxylic acids is 1. The Morgan fingerprint density at radius 2 is 2.17 bits per heavy atom. The van der Waals surface area contributed by atoms with Crippen LogP contribution in [0.15, 0.2) is 18.2 Å². The molecule has 1 aromatic carbocycles. The molecule has 0 saturated carbocycles. The molecule has 1 N–H and O–H groups in total. The lowest BCUT2D eigenvalue weighted by molar-refractivity contribution is -0.139. The highest BCUT2D eigenvalue weighted by molar-refractivity contribution is 6.30. The summed E-state index contributed by atoms with van der Waals surface area (Å²) in [6.45, 7) is 5.64. The number of nitrogens with one attached hydrogen (secondary N) is 1. The Morgan fingerprint density at radius 3 is 2.78 bits per heavy atom. The maximum absolute atomic E-state index is 13.9. The van der Waals surface area contributed by atoms with Crippen LogP contribution in [0.3, 0.4) is 0 Å².